The molecule has 1 unspecified atom stereocenters. The minimum atomic E-state index is 0.216. The Morgan fingerprint density at radius 3 is 2.27 bits per heavy atom. The molecule has 1 aromatic heterocycles. The molecule has 1 fully saturated rings. The Bertz CT molecular complexity index is 320. The van der Waals surface area contributed by atoms with Gasteiger partial charge in [-0.1, -0.05) is 12.8 Å². The fourth-order valence-electron chi connectivity index (χ4n) is 2.65. The van der Waals surface area contributed by atoms with Crippen LogP contribution >= 0.6 is 0 Å². The predicted octanol–water partition coefficient (Wildman–Crippen LogP) is 2.89. The van der Waals surface area contributed by atoms with Crippen molar-refractivity contribution in [2.75, 3.05) is 0 Å². The summed E-state index contributed by atoms with van der Waals surface area (Å²) in [6.45, 7) is 4.08. The smallest absolute Gasteiger partial charge is 0.0379 e. The zero-order chi connectivity index (χ0) is 10.8. The Morgan fingerprint density at radius 2 is 1.73 bits per heavy atom. The highest BCUT2D eigenvalue weighted by Gasteiger charge is 2.23. The van der Waals surface area contributed by atoms with Crippen LogP contribution in [0.1, 0.15) is 48.7 Å². The quantitative estimate of drug-likeness (QED) is 0.804. The van der Waals surface area contributed by atoms with Gasteiger partial charge in [0, 0.05) is 17.4 Å². The second-order valence-corrected chi connectivity index (χ2v) is 4.75. The molecule has 1 aromatic rings. The average molecular weight is 204 g/mol. The van der Waals surface area contributed by atoms with Crippen LogP contribution in [0.4, 0.5) is 0 Å². The van der Waals surface area contributed by atoms with Gasteiger partial charge in [0.05, 0.1) is 0 Å². The van der Waals surface area contributed by atoms with Crippen LogP contribution in [-0.2, 0) is 0 Å². The van der Waals surface area contributed by atoms with Crippen molar-refractivity contribution in [3.8, 4) is 0 Å². The van der Waals surface area contributed by atoms with E-state index in [2.05, 4.69) is 17.1 Å². The second-order valence-electron chi connectivity index (χ2n) is 4.75. The maximum Gasteiger partial charge on any atom is 0.0379 e. The van der Waals surface area contributed by atoms with Crippen LogP contribution in [0.25, 0.3) is 0 Å². The molecule has 0 aromatic carbocycles. The van der Waals surface area contributed by atoms with Gasteiger partial charge in [0.2, 0.25) is 0 Å². The lowest BCUT2D eigenvalue weighted by Gasteiger charge is -2.19. The third-order valence-electron chi connectivity index (χ3n) is 3.40. The Balaban J connectivity index is 2.20. The van der Waals surface area contributed by atoms with E-state index < -0.39 is 0 Å². The zero-order valence-electron chi connectivity index (χ0n) is 9.66. The van der Waals surface area contributed by atoms with Gasteiger partial charge < -0.3 is 5.73 Å². The first-order valence-corrected chi connectivity index (χ1v) is 5.87. The summed E-state index contributed by atoms with van der Waals surface area (Å²) in [5, 5.41) is 0. The normalized spacial score (nSPS) is 19.4. The van der Waals surface area contributed by atoms with Gasteiger partial charge in [0.15, 0.2) is 0 Å². The topological polar surface area (TPSA) is 38.9 Å². The third kappa shape index (κ3) is 2.37. The van der Waals surface area contributed by atoms with Gasteiger partial charge in [-0.2, -0.15) is 0 Å². The molecule has 2 rings (SSSR count). The lowest BCUT2D eigenvalue weighted by molar-refractivity contribution is 0.444. The fourth-order valence-corrected chi connectivity index (χ4v) is 2.65. The van der Waals surface area contributed by atoms with Crippen LogP contribution in [-0.4, -0.2) is 4.98 Å². The van der Waals surface area contributed by atoms with Gasteiger partial charge >= 0.3 is 0 Å². The van der Waals surface area contributed by atoms with E-state index in [1.807, 2.05) is 13.8 Å². The van der Waals surface area contributed by atoms with Crippen molar-refractivity contribution in [1.29, 1.82) is 0 Å². The molecule has 2 heteroatoms. The number of aryl methyl sites for hydroxylation is 2. The van der Waals surface area contributed by atoms with E-state index in [1.54, 1.807) is 0 Å². The molecular weight excluding hydrogens is 184 g/mol. The molecule has 0 radical (unpaired) electrons. The first kappa shape index (κ1) is 10.6. The fraction of sp³-hybridized carbons (Fsp3) is 0.615. The number of nitrogens with zero attached hydrogens (tertiary/aromatic N) is 1. The Morgan fingerprint density at radius 1 is 1.20 bits per heavy atom. The molecule has 1 atom stereocenters. The first-order valence-electron chi connectivity index (χ1n) is 5.87. The van der Waals surface area contributed by atoms with Crippen LogP contribution in [0.2, 0.25) is 0 Å². The Labute approximate surface area is 91.9 Å². The van der Waals surface area contributed by atoms with Crippen molar-refractivity contribution in [2.45, 2.75) is 45.6 Å². The molecule has 0 amide bonds. The van der Waals surface area contributed by atoms with E-state index >= 15 is 0 Å². The second kappa shape index (κ2) is 4.31. The highest BCUT2D eigenvalue weighted by Crippen LogP contribution is 2.34. The predicted molar refractivity (Wildman–Crippen MR) is 62.6 cm³/mol. The molecule has 0 bridgehead atoms. The van der Waals surface area contributed by atoms with E-state index in [-0.39, 0.29) is 6.04 Å². The number of aromatic nitrogens is 1. The van der Waals surface area contributed by atoms with Crippen molar-refractivity contribution < 1.29 is 0 Å². The average Bonchev–Trinajstić information content (AvgIpc) is 2.67. The van der Waals surface area contributed by atoms with Crippen LogP contribution < -0.4 is 5.73 Å². The summed E-state index contributed by atoms with van der Waals surface area (Å²) in [6, 6.07) is 4.49. The molecule has 0 saturated heterocycles. The zero-order valence-corrected chi connectivity index (χ0v) is 9.66. The number of hydrogen-bond donors (Lipinski definition) is 1. The van der Waals surface area contributed by atoms with E-state index in [1.165, 1.54) is 31.2 Å². The van der Waals surface area contributed by atoms with Crippen LogP contribution in [0.15, 0.2) is 12.1 Å². The molecule has 2 N–H and O–H groups in total. The summed E-state index contributed by atoms with van der Waals surface area (Å²) in [5.74, 6) is 0.686. The minimum absolute atomic E-state index is 0.216. The van der Waals surface area contributed by atoms with Gasteiger partial charge in [-0.15, -0.1) is 0 Å². The molecule has 1 saturated carbocycles. The van der Waals surface area contributed by atoms with Crippen molar-refractivity contribution >= 4 is 0 Å². The number of nitrogens with two attached hydrogens (primary N) is 1. The van der Waals surface area contributed by atoms with Gasteiger partial charge in [0.1, 0.15) is 0 Å². The molecule has 0 aliphatic heterocycles. The minimum Gasteiger partial charge on any atom is -0.324 e. The maximum absolute atomic E-state index is 6.31. The highest BCUT2D eigenvalue weighted by atomic mass is 14.7. The number of hydrogen-bond acceptors (Lipinski definition) is 2. The summed E-state index contributed by atoms with van der Waals surface area (Å²) >= 11 is 0. The van der Waals surface area contributed by atoms with E-state index in [9.17, 15) is 0 Å². The lowest BCUT2D eigenvalue weighted by atomic mass is 9.92. The van der Waals surface area contributed by atoms with Crippen molar-refractivity contribution in [2.24, 2.45) is 11.7 Å². The van der Waals surface area contributed by atoms with Crippen molar-refractivity contribution in [3.05, 3.63) is 29.1 Å². The highest BCUT2D eigenvalue weighted by molar-refractivity contribution is 5.24. The Kier molecular flexibility index (Phi) is 3.06. The van der Waals surface area contributed by atoms with Crippen LogP contribution in [0.3, 0.4) is 0 Å². The largest absolute Gasteiger partial charge is 0.324 e. The van der Waals surface area contributed by atoms with Gasteiger partial charge in [-0.25, -0.2) is 0 Å². The number of rotatable bonds is 2. The molecule has 82 valence electrons. The van der Waals surface area contributed by atoms with Crippen LogP contribution in [0, 0.1) is 19.8 Å². The molecule has 0 spiro atoms. The summed E-state index contributed by atoms with van der Waals surface area (Å²) in [6.07, 6.45) is 5.28. The van der Waals surface area contributed by atoms with Crippen molar-refractivity contribution in [1.82, 2.24) is 4.98 Å². The maximum atomic E-state index is 6.31. The molecule has 1 heterocycles. The molecule has 2 nitrogen and oxygen atoms in total. The van der Waals surface area contributed by atoms with Crippen molar-refractivity contribution in [3.63, 3.8) is 0 Å². The standard InChI is InChI=1S/C13H20N2/c1-9-7-12(8-10(2)15-9)13(14)11-5-3-4-6-11/h7-8,11,13H,3-6,14H2,1-2H3. The van der Waals surface area contributed by atoms with E-state index in [0.717, 1.165) is 11.4 Å². The SMILES string of the molecule is Cc1cc(C(N)C2CCCC2)cc(C)n1. The van der Waals surface area contributed by atoms with E-state index in [4.69, 9.17) is 5.73 Å². The van der Waals surface area contributed by atoms with Gasteiger partial charge in [0.25, 0.3) is 0 Å². The summed E-state index contributed by atoms with van der Waals surface area (Å²) in [4.78, 5) is 4.39. The number of pyridine rings is 1. The summed E-state index contributed by atoms with van der Waals surface area (Å²) in [5.41, 5.74) is 9.74. The van der Waals surface area contributed by atoms with E-state index in [0.29, 0.717) is 5.92 Å². The third-order valence-corrected chi connectivity index (χ3v) is 3.40. The summed E-state index contributed by atoms with van der Waals surface area (Å²) in [7, 11) is 0. The molecule has 1 aliphatic rings. The molecule has 15 heavy (non-hydrogen) atoms. The van der Waals surface area contributed by atoms with Crippen LogP contribution in [0.5, 0.6) is 0 Å². The molecular formula is C13H20N2. The van der Waals surface area contributed by atoms with Gasteiger partial charge in [-0.3, -0.25) is 4.98 Å². The molecule has 1 aliphatic carbocycles. The first-order chi connectivity index (χ1) is 7.16. The lowest BCUT2D eigenvalue weighted by Crippen LogP contribution is -2.19. The summed E-state index contributed by atoms with van der Waals surface area (Å²) < 4.78 is 0. The Hall–Kier alpha value is -0.890. The van der Waals surface area contributed by atoms with Gasteiger partial charge in [-0.05, 0) is 50.3 Å². The monoisotopic (exact) mass is 204 g/mol.